The molecule has 3 N–H and O–H groups in total. The molecular weight excluding hydrogens is 436 g/mol. The summed E-state index contributed by atoms with van der Waals surface area (Å²) < 4.78 is 0.583. The maximum absolute atomic E-state index is 12.5. The third-order valence-electron chi connectivity index (χ3n) is 3.42. The third-order valence-corrected chi connectivity index (χ3v) is 4.36. The molecule has 0 atom stereocenters. The molecule has 0 spiro atoms. The van der Waals surface area contributed by atoms with Gasteiger partial charge in [0.2, 0.25) is 0 Å². The van der Waals surface area contributed by atoms with Crippen LogP contribution in [0.4, 0.5) is 0 Å². The lowest BCUT2D eigenvalue weighted by atomic mass is 10.1. The summed E-state index contributed by atoms with van der Waals surface area (Å²) in [7, 11) is 0. The highest BCUT2D eigenvalue weighted by Crippen LogP contribution is 2.17. The van der Waals surface area contributed by atoms with Gasteiger partial charge in [-0.25, -0.2) is 0 Å². The highest BCUT2D eigenvalue weighted by Gasteiger charge is 2.16. The average Bonchev–Trinajstić information content (AvgIpc) is 2.62. The summed E-state index contributed by atoms with van der Waals surface area (Å²) in [6.07, 6.45) is 1.26. The van der Waals surface area contributed by atoms with Gasteiger partial charge in [-0.2, -0.15) is 0 Å². The molecule has 6 nitrogen and oxygen atoms in total. The second-order valence-electron chi connectivity index (χ2n) is 5.44. The lowest BCUT2D eigenvalue weighted by Crippen LogP contribution is -2.35. The molecule has 2 aromatic carbocycles. The van der Waals surface area contributed by atoms with Gasteiger partial charge in [-0.05, 0) is 51.8 Å². The molecule has 0 aromatic heterocycles. The van der Waals surface area contributed by atoms with Gasteiger partial charge >= 0.3 is 5.97 Å². The van der Waals surface area contributed by atoms with E-state index in [2.05, 4.69) is 26.6 Å². The fourth-order valence-electron chi connectivity index (χ4n) is 2.10. The standard InChI is InChI=1S/C19H16BrClN2O4/c20-15-4-2-1-3-14(15)18(26)23-16(19(27)22-10-9-17(24)25)11-12-5-7-13(21)8-6-12/h1-8,11H,9-10H2,(H,22,27)(H,23,26)(H,24,25). The summed E-state index contributed by atoms with van der Waals surface area (Å²) in [6.45, 7) is -0.0585. The SMILES string of the molecule is O=C(O)CCNC(=O)C(=Cc1ccc(Cl)cc1)NC(=O)c1ccccc1Br. The molecule has 140 valence electrons. The number of rotatable bonds is 7. The summed E-state index contributed by atoms with van der Waals surface area (Å²) in [6, 6.07) is 13.5. The van der Waals surface area contributed by atoms with Crippen molar-refractivity contribution in [3.05, 3.63) is 74.9 Å². The Labute approximate surface area is 169 Å². The van der Waals surface area contributed by atoms with Crippen molar-refractivity contribution in [1.29, 1.82) is 0 Å². The van der Waals surface area contributed by atoms with Crippen LogP contribution in [0.25, 0.3) is 6.08 Å². The number of carbonyl (C=O) groups excluding carboxylic acids is 2. The first-order valence-corrected chi connectivity index (χ1v) is 9.07. The minimum absolute atomic E-state index is 0.0107. The highest BCUT2D eigenvalue weighted by molar-refractivity contribution is 9.10. The number of hydrogen-bond acceptors (Lipinski definition) is 3. The van der Waals surface area contributed by atoms with E-state index in [0.29, 0.717) is 20.6 Å². The van der Waals surface area contributed by atoms with E-state index in [4.69, 9.17) is 16.7 Å². The topological polar surface area (TPSA) is 95.5 Å². The molecule has 0 unspecified atom stereocenters. The van der Waals surface area contributed by atoms with E-state index in [9.17, 15) is 14.4 Å². The van der Waals surface area contributed by atoms with Gasteiger partial charge in [0.1, 0.15) is 5.70 Å². The van der Waals surface area contributed by atoms with Crippen molar-refractivity contribution in [2.24, 2.45) is 0 Å². The third kappa shape index (κ3) is 6.54. The summed E-state index contributed by atoms with van der Waals surface area (Å²) in [5.41, 5.74) is 0.997. The number of carbonyl (C=O) groups is 3. The van der Waals surface area contributed by atoms with Crippen molar-refractivity contribution < 1.29 is 19.5 Å². The normalized spacial score (nSPS) is 11.0. The van der Waals surface area contributed by atoms with Crippen LogP contribution in [0.15, 0.2) is 58.7 Å². The van der Waals surface area contributed by atoms with E-state index >= 15 is 0 Å². The van der Waals surface area contributed by atoms with Crippen LogP contribution in [-0.4, -0.2) is 29.4 Å². The van der Waals surface area contributed by atoms with Crippen molar-refractivity contribution in [3.63, 3.8) is 0 Å². The summed E-state index contributed by atoms with van der Waals surface area (Å²) >= 11 is 9.16. The van der Waals surface area contributed by atoms with Crippen molar-refractivity contribution in [3.8, 4) is 0 Å². The van der Waals surface area contributed by atoms with Crippen LogP contribution in [0.3, 0.4) is 0 Å². The van der Waals surface area contributed by atoms with Crippen LogP contribution in [-0.2, 0) is 9.59 Å². The summed E-state index contributed by atoms with van der Waals surface area (Å²) in [5.74, 6) is -2.10. The monoisotopic (exact) mass is 450 g/mol. The van der Waals surface area contributed by atoms with Crippen LogP contribution in [0.1, 0.15) is 22.3 Å². The first-order valence-electron chi connectivity index (χ1n) is 7.90. The smallest absolute Gasteiger partial charge is 0.305 e. The van der Waals surface area contributed by atoms with E-state index in [1.54, 1.807) is 48.5 Å². The van der Waals surface area contributed by atoms with Gasteiger partial charge < -0.3 is 15.7 Å². The molecular formula is C19H16BrClN2O4. The van der Waals surface area contributed by atoms with E-state index in [-0.39, 0.29) is 18.7 Å². The molecule has 0 saturated carbocycles. The van der Waals surface area contributed by atoms with Gasteiger partial charge in [-0.15, -0.1) is 0 Å². The fraction of sp³-hybridized carbons (Fsp3) is 0.105. The molecule has 2 rings (SSSR count). The van der Waals surface area contributed by atoms with Crippen molar-refractivity contribution in [2.45, 2.75) is 6.42 Å². The molecule has 0 aliphatic carbocycles. The minimum atomic E-state index is -1.03. The van der Waals surface area contributed by atoms with Gasteiger partial charge in [0.05, 0.1) is 12.0 Å². The molecule has 0 bridgehead atoms. The molecule has 8 heteroatoms. The van der Waals surface area contributed by atoms with Crippen LogP contribution >= 0.6 is 27.5 Å². The van der Waals surface area contributed by atoms with Gasteiger partial charge in [0.15, 0.2) is 0 Å². The number of amides is 2. The molecule has 2 amide bonds. The first-order chi connectivity index (χ1) is 12.9. The van der Waals surface area contributed by atoms with Crippen LogP contribution in [0, 0.1) is 0 Å². The molecule has 27 heavy (non-hydrogen) atoms. The molecule has 2 aromatic rings. The molecule has 0 aliphatic rings. The second-order valence-corrected chi connectivity index (χ2v) is 6.73. The Bertz CT molecular complexity index is 882. The molecule has 0 saturated heterocycles. The van der Waals surface area contributed by atoms with Crippen molar-refractivity contribution in [1.82, 2.24) is 10.6 Å². The Hall–Kier alpha value is -2.64. The Morgan fingerprint density at radius 2 is 1.74 bits per heavy atom. The number of nitrogens with one attached hydrogen (secondary N) is 2. The van der Waals surface area contributed by atoms with Gasteiger partial charge in [0, 0.05) is 16.0 Å². The van der Waals surface area contributed by atoms with Crippen molar-refractivity contribution in [2.75, 3.05) is 6.54 Å². The maximum atomic E-state index is 12.5. The lowest BCUT2D eigenvalue weighted by Gasteiger charge is -2.11. The predicted molar refractivity (Wildman–Crippen MR) is 106 cm³/mol. The van der Waals surface area contributed by atoms with Crippen LogP contribution in [0.5, 0.6) is 0 Å². The number of benzene rings is 2. The number of hydrogen-bond donors (Lipinski definition) is 3. The largest absolute Gasteiger partial charge is 0.481 e. The molecule has 0 fully saturated rings. The number of carboxylic acids is 1. The van der Waals surface area contributed by atoms with E-state index in [0.717, 1.165) is 0 Å². The van der Waals surface area contributed by atoms with E-state index < -0.39 is 17.8 Å². The van der Waals surface area contributed by atoms with Crippen LogP contribution < -0.4 is 10.6 Å². The zero-order chi connectivity index (χ0) is 19.8. The Morgan fingerprint density at radius 3 is 2.37 bits per heavy atom. The van der Waals surface area contributed by atoms with Crippen molar-refractivity contribution >= 4 is 51.4 Å². The zero-order valence-corrected chi connectivity index (χ0v) is 16.4. The predicted octanol–water partition coefficient (Wildman–Crippen LogP) is 3.46. The number of carboxylic acid groups (broad SMARTS) is 1. The van der Waals surface area contributed by atoms with Gasteiger partial charge in [-0.1, -0.05) is 35.9 Å². The molecule has 0 aliphatic heterocycles. The number of halogens is 2. The Balaban J connectivity index is 2.24. The summed E-state index contributed by atoms with van der Waals surface area (Å²) in [5, 5.41) is 14.3. The van der Waals surface area contributed by atoms with E-state index in [1.165, 1.54) is 6.08 Å². The minimum Gasteiger partial charge on any atom is -0.481 e. The summed E-state index contributed by atoms with van der Waals surface area (Å²) in [4.78, 5) is 35.6. The average molecular weight is 452 g/mol. The fourth-order valence-corrected chi connectivity index (χ4v) is 2.69. The molecule has 0 heterocycles. The number of aliphatic carboxylic acids is 1. The Morgan fingerprint density at radius 1 is 1.07 bits per heavy atom. The molecule has 0 radical (unpaired) electrons. The van der Waals surface area contributed by atoms with Crippen LogP contribution in [0.2, 0.25) is 5.02 Å². The quantitative estimate of drug-likeness (QED) is 0.562. The van der Waals surface area contributed by atoms with Gasteiger partial charge in [-0.3, -0.25) is 14.4 Å². The van der Waals surface area contributed by atoms with E-state index in [1.807, 2.05) is 0 Å². The lowest BCUT2D eigenvalue weighted by molar-refractivity contribution is -0.136. The van der Waals surface area contributed by atoms with Gasteiger partial charge in [0.25, 0.3) is 11.8 Å². The Kier molecular flexibility index (Phi) is 7.57. The zero-order valence-electron chi connectivity index (χ0n) is 14.0. The maximum Gasteiger partial charge on any atom is 0.305 e. The highest BCUT2D eigenvalue weighted by atomic mass is 79.9. The second kappa shape index (κ2) is 9.89. The first kappa shape index (κ1) is 20.7.